The maximum atomic E-state index is 13.7. The zero-order chi connectivity index (χ0) is 27.8. The molecule has 2 aromatic rings. The monoisotopic (exact) mass is 538 g/mol. The number of morpholine rings is 1. The lowest BCUT2D eigenvalue weighted by atomic mass is 9.83. The Balaban J connectivity index is 1.59. The molecule has 0 bridgehead atoms. The van der Waals surface area contributed by atoms with Crippen molar-refractivity contribution < 1.29 is 29.4 Å². The van der Waals surface area contributed by atoms with Crippen LogP contribution in [0, 0.1) is 0 Å². The highest BCUT2D eigenvalue weighted by atomic mass is 16.5. The topological polar surface area (TPSA) is 123 Å². The minimum atomic E-state index is -0.854. The van der Waals surface area contributed by atoms with E-state index in [0.29, 0.717) is 45.0 Å². The molecule has 10 nitrogen and oxygen atoms in total. The minimum absolute atomic E-state index is 0.00873. The Morgan fingerprint density at radius 1 is 1.08 bits per heavy atom. The van der Waals surface area contributed by atoms with Crippen molar-refractivity contribution in [2.45, 2.75) is 57.5 Å². The van der Waals surface area contributed by atoms with Gasteiger partial charge in [0, 0.05) is 36.9 Å². The Bertz CT molecular complexity index is 1130. The first kappa shape index (κ1) is 28.4. The molecule has 2 aromatic carbocycles. The van der Waals surface area contributed by atoms with Gasteiger partial charge in [0.1, 0.15) is 0 Å². The Morgan fingerprint density at radius 3 is 2.49 bits per heavy atom. The summed E-state index contributed by atoms with van der Waals surface area (Å²) in [5.74, 6) is -0.388. The van der Waals surface area contributed by atoms with E-state index in [9.17, 15) is 19.5 Å². The van der Waals surface area contributed by atoms with Gasteiger partial charge in [-0.15, -0.1) is 0 Å². The van der Waals surface area contributed by atoms with Gasteiger partial charge in [0.15, 0.2) is 0 Å². The number of amides is 4. The predicted octanol–water partition coefficient (Wildman–Crippen LogP) is 4.68. The van der Waals surface area contributed by atoms with E-state index in [4.69, 9.17) is 9.94 Å². The van der Waals surface area contributed by atoms with Crippen LogP contribution in [0.15, 0.2) is 48.5 Å². The molecule has 0 spiro atoms. The molecule has 0 aromatic heterocycles. The molecule has 2 unspecified atom stereocenters. The molecule has 2 heterocycles. The van der Waals surface area contributed by atoms with E-state index in [1.807, 2.05) is 12.1 Å². The molecule has 10 heteroatoms. The van der Waals surface area contributed by atoms with Crippen molar-refractivity contribution >= 4 is 23.7 Å². The van der Waals surface area contributed by atoms with E-state index >= 15 is 0 Å². The van der Waals surface area contributed by atoms with Crippen LogP contribution < -0.4 is 10.4 Å². The Morgan fingerprint density at radius 2 is 1.82 bits per heavy atom. The highest BCUT2D eigenvalue weighted by molar-refractivity contribution is 5.94. The third-order valence-corrected chi connectivity index (χ3v) is 7.68. The van der Waals surface area contributed by atoms with Gasteiger partial charge in [-0.2, -0.15) is 0 Å². The van der Waals surface area contributed by atoms with Crippen molar-refractivity contribution in [2.75, 3.05) is 37.7 Å². The van der Waals surface area contributed by atoms with E-state index in [1.54, 1.807) is 44.4 Å². The molecule has 2 saturated heterocycles. The van der Waals surface area contributed by atoms with Crippen molar-refractivity contribution in [1.82, 2.24) is 15.3 Å². The lowest BCUT2D eigenvalue weighted by molar-refractivity contribution is 0.0548. The largest absolute Gasteiger partial charge is 0.465 e. The number of hydroxylamine groups is 1. The number of benzene rings is 2. The number of piperidine rings is 1. The first-order valence-corrected chi connectivity index (χ1v) is 13.7. The molecule has 2 aliphatic rings. The fraction of sp³-hybridized carbons (Fsp3) is 0.483. The SMILES string of the molecule is CCCCC1CC(c2cccc(N(Cc3ccc(C(=O)NO)cc3)C(=O)N3CCOCC3)c2)CCN1C(=O)O. The van der Waals surface area contributed by atoms with Gasteiger partial charge in [-0.3, -0.25) is 14.9 Å². The molecule has 4 amide bonds. The van der Waals surface area contributed by atoms with Gasteiger partial charge in [0.25, 0.3) is 5.91 Å². The van der Waals surface area contributed by atoms with Gasteiger partial charge in [-0.1, -0.05) is 44.0 Å². The van der Waals surface area contributed by atoms with E-state index < -0.39 is 12.0 Å². The summed E-state index contributed by atoms with van der Waals surface area (Å²) in [6.45, 7) is 4.93. The number of carbonyl (C=O) groups is 3. The van der Waals surface area contributed by atoms with Crippen molar-refractivity contribution in [3.05, 3.63) is 65.2 Å². The van der Waals surface area contributed by atoms with Crippen LogP contribution in [0.5, 0.6) is 0 Å². The summed E-state index contributed by atoms with van der Waals surface area (Å²) < 4.78 is 5.45. The number of urea groups is 1. The highest BCUT2D eigenvalue weighted by Gasteiger charge is 2.32. The van der Waals surface area contributed by atoms with Gasteiger partial charge in [0.2, 0.25) is 0 Å². The molecule has 2 atom stereocenters. The number of anilines is 1. The summed E-state index contributed by atoms with van der Waals surface area (Å²) in [4.78, 5) is 42.4. The van der Waals surface area contributed by atoms with E-state index in [-0.39, 0.29) is 18.0 Å². The molecule has 210 valence electrons. The standard InChI is InChI=1S/C29H38N4O6/c1-2-3-6-25-19-24(12-13-32(25)29(36)37)23-5-4-7-26(18-23)33(28(35)31-14-16-39-17-15-31)20-21-8-10-22(11-9-21)27(34)30-38/h4-5,7-11,18,24-25,38H,2-3,6,12-17,19-20H2,1H3,(H,30,34)(H,36,37). The molecule has 0 saturated carbocycles. The maximum Gasteiger partial charge on any atom is 0.407 e. The molecule has 2 fully saturated rings. The predicted molar refractivity (Wildman–Crippen MR) is 146 cm³/mol. The summed E-state index contributed by atoms with van der Waals surface area (Å²) in [6, 6.07) is 14.7. The van der Waals surface area contributed by atoms with Crippen LogP contribution in [0.25, 0.3) is 0 Å². The third-order valence-electron chi connectivity index (χ3n) is 7.68. The van der Waals surface area contributed by atoms with Crippen LogP contribution in [0.3, 0.4) is 0 Å². The second-order valence-corrected chi connectivity index (χ2v) is 10.2. The van der Waals surface area contributed by atoms with E-state index in [1.165, 1.54) is 0 Å². The smallest absolute Gasteiger partial charge is 0.407 e. The fourth-order valence-corrected chi connectivity index (χ4v) is 5.47. The molecular weight excluding hydrogens is 500 g/mol. The molecule has 2 aliphatic heterocycles. The lowest BCUT2D eigenvalue weighted by Crippen LogP contribution is -2.48. The molecule has 0 radical (unpaired) electrons. The number of carbonyl (C=O) groups excluding carboxylic acids is 2. The number of nitrogens with one attached hydrogen (secondary N) is 1. The summed E-state index contributed by atoms with van der Waals surface area (Å²) in [6.07, 6.45) is 3.51. The summed E-state index contributed by atoms with van der Waals surface area (Å²) in [5.41, 5.74) is 4.67. The number of hydrogen-bond acceptors (Lipinski definition) is 5. The third kappa shape index (κ3) is 7.07. The first-order valence-electron chi connectivity index (χ1n) is 13.7. The second kappa shape index (κ2) is 13.4. The van der Waals surface area contributed by atoms with Gasteiger partial charge in [-0.05, 0) is 60.6 Å². The van der Waals surface area contributed by atoms with Crippen LogP contribution in [0.4, 0.5) is 15.3 Å². The number of hydrogen-bond donors (Lipinski definition) is 3. The second-order valence-electron chi connectivity index (χ2n) is 10.2. The number of likely N-dealkylation sites (tertiary alicyclic amines) is 1. The quantitative estimate of drug-likeness (QED) is 0.331. The van der Waals surface area contributed by atoms with Crippen molar-refractivity contribution in [3.63, 3.8) is 0 Å². The fourth-order valence-electron chi connectivity index (χ4n) is 5.47. The molecule has 0 aliphatic carbocycles. The average Bonchev–Trinajstić information content (AvgIpc) is 2.98. The van der Waals surface area contributed by atoms with Crippen molar-refractivity contribution in [2.24, 2.45) is 0 Å². The van der Waals surface area contributed by atoms with Crippen LogP contribution in [0.1, 0.15) is 66.4 Å². The summed E-state index contributed by atoms with van der Waals surface area (Å²) in [5, 5.41) is 18.6. The highest BCUT2D eigenvalue weighted by Crippen LogP contribution is 2.35. The van der Waals surface area contributed by atoms with Gasteiger partial charge >= 0.3 is 12.1 Å². The number of rotatable bonds is 8. The zero-order valence-electron chi connectivity index (χ0n) is 22.4. The van der Waals surface area contributed by atoms with Gasteiger partial charge in [0.05, 0.1) is 19.8 Å². The normalized spacial score (nSPS) is 19.4. The summed E-state index contributed by atoms with van der Waals surface area (Å²) in [7, 11) is 0. The van der Waals surface area contributed by atoms with E-state index in [2.05, 4.69) is 19.1 Å². The Kier molecular flexibility index (Phi) is 9.78. The Hall–Kier alpha value is -3.63. The van der Waals surface area contributed by atoms with Crippen LogP contribution in [-0.4, -0.2) is 77.0 Å². The molecule has 39 heavy (non-hydrogen) atoms. The van der Waals surface area contributed by atoms with Crippen LogP contribution in [-0.2, 0) is 11.3 Å². The first-order chi connectivity index (χ1) is 18.9. The van der Waals surface area contributed by atoms with Crippen LogP contribution >= 0.6 is 0 Å². The average molecular weight is 539 g/mol. The van der Waals surface area contributed by atoms with Gasteiger partial charge < -0.3 is 19.6 Å². The number of carboxylic acid groups (broad SMARTS) is 1. The maximum absolute atomic E-state index is 13.7. The lowest BCUT2D eigenvalue weighted by Gasteiger charge is -2.38. The summed E-state index contributed by atoms with van der Waals surface area (Å²) >= 11 is 0. The van der Waals surface area contributed by atoms with Crippen molar-refractivity contribution in [3.8, 4) is 0 Å². The van der Waals surface area contributed by atoms with Gasteiger partial charge in [-0.25, -0.2) is 15.1 Å². The zero-order valence-corrected chi connectivity index (χ0v) is 22.4. The molecule has 4 rings (SSSR count). The number of unbranched alkanes of at least 4 members (excludes halogenated alkanes) is 1. The number of ether oxygens (including phenoxy) is 1. The van der Waals surface area contributed by atoms with Crippen LogP contribution in [0.2, 0.25) is 0 Å². The minimum Gasteiger partial charge on any atom is -0.465 e. The number of nitrogens with zero attached hydrogens (tertiary/aromatic N) is 3. The van der Waals surface area contributed by atoms with E-state index in [0.717, 1.165) is 48.9 Å². The van der Waals surface area contributed by atoms with Crippen molar-refractivity contribution in [1.29, 1.82) is 0 Å². The Labute approximate surface area is 229 Å². The molecule has 3 N–H and O–H groups in total. The molecular formula is C29H38N4O6.